The Balaban J connectivity index is 1.92. The molecule has 3 aromatic rings. The van der Waals surface area contributed by atoms with E-state index >= 15 is 0 Å². The van der Waals surface area contributed by atoms with E-state index in [4.69, 9.17) is 27.9 Å². The molecular weight excluding hydrogens is 587 g/mol. The van der Waals surface area contributed by atoms with E-state index < -0.39 is 6.04 Å². The molecule has 202 valence electrons. The van der Waals surface area contributed by atoms with Gasteiger partial charge in [0.15, 0.2) is 6.61 Å². The molecular formula is C30H33BrCl2N2O3. The first-order valence-electron chi connectivity index (χ1n) is 12.6. The molecule has 1 unspecified atom stereocenters. The predicted molar refractivity (Wildman–Crippen MR) is 158 cm³/mol. The molecule has 2 amide bonds. The van der Waals surface area contributed by atoms with Crippen molar-refractivity contribution in [2.45, 2.75) is 52.6 Å². The second-order valence-corrected chi connectivity index (χ2v) is 10.9. The van der Waals surface area contributed by atoms with E-state index in [1.807, 2.05) is 62.4 Å². The van der Waals surface area contributed by atoms with Crippen LogP contribution in [0.2, 0.25) is 10.0 Å². The minimum Gasteiger partial charge on any atom is -0.484 e. The molecule has 8 heteroatoms. The summed E-state index contributed by atoms with van der Waals surface area (Å²) in [6.45, 7) is 6.52. The molecule has 0 aliphatic carbocycles. The Labute approximate surface area is 243 Å². The number of rotatable bonds is 12. The number of ether oxygens (including phenoxy) is 1. The fourth-order valence-electron chi connectivity index (χ4n) is 4.11. The minimum atomic E-state index is -0.742. The fraction of sp³-hybridized carbons (Fsp3) is 0.333. The Bertz CT molecular complexity index is 1230. The van der Waals surface area contributed by atoms with E-state index in [1.54, 1.807) is 17.0 Å². The van der Waals surface area contributed by atoms with Crippen LogP contribution >= 0.6 is 39.1 Å². The van der Waals surface area contributed by atoms with Gasteiger partial charge in [0, 0.05) is 24.0 Å². The van der Waals surface area contributed by atoms with Gasteiger partial charge in [-0.3, -0.25) is 9.59 Å². The number of halogens is 3. The zero-order valence-electron chi connectivity index (χ0n) is 21.9. The van der Waals surface area contributed by atoms with Crippen LogP contribution in [0.1, 0.15) is 42.0 Å². The lowest BCUT2D eigenvalue weighted by Gasteiger charge is -2.31. The van der Waals surface area contributed by atoms with Crippen LogP contribution in [-0.2, 0) is 22.6 Å². The van der Waals surface area contributed by atoms with Crippen molar-refractivity contribution in [3.63, 3.8) is 0 Å². The van der Waals surface area contributed by atoms with Crippen LogP contribution in [0.25, 0.3) is 0 Å². The molecule has 3 rings (SSSR count). The van der Waals surface area contributed by atoms with E-state index in [-0.39, 0.29) is 25.0 Å². The van der Waals surface area contributed by atoms with Gasteiger partial charge >= 0.3 is 0 Å². The number of unbranched alkanes of at least 4 members (excludes halogenated alkanes) is 1. The molecule has 0 aliphatic rings. The highest BCUT2D eigenvalue weighted by molar-refractivity contribution is 9.10. The van der Waals surface area contributed by atoms with Gasteiger partial charge in [0.25, 0.3) is 5.91 Å². The van der Waals surface area contributed by atoms with E-state index in [0.717, 1.165) is 39.6 Å². The van der Waals surface area contributed by atoms with Gasteiger partial charge in [-0.05, 0) is 66.8 Å². The van der Waals surface area contributed by atoms with Crippen LogP contribution in [0.3, 0.4) is 0 Å². The Kier molecular flexibility index (Phi) is 11.5. The van der Waals surface area contributed by atoms with Crippen molar-refractivity contribution in [2.75, 3.05) is 13.2 Å². The highest BCUT2D eigenvalue weighted by Gasteiger charge is 2.30. The Morgan fingerprint density at radius 3 is 2.29 bits per heavy atom. The third-order valence-corrected chi connectivity index (χ3v) is 8.20. The average molecular weight is 620 g/mol. The van der Waals surface area contributed by atoms with Crippen molar-refractivity contribution in [2.24, 2.45) is 0 Å². The molecule has 0 aromatic heterocycles. The number of carbonyl (C=O) groups is 2. The SMILES string of the molecule is CCCCNC(=O)C(Cc1ccccc1)N(Cc1ccc(Cl)c(Cl)c1)C(=O)COc1cc(C)c(Br)c(C)c1. The van der Waals surface area contributed by atoms with Gasteiger partial charge < -0.3 is 15.0 Å². The molecule has 0 heterocycles. The van der Waals surface area contributed by atoms with Gasteiger partial charge in [-0.25, -0.2) is 0 Å². The number of aryl methyl sites for hydroxylation is 2. The molecule has 0 fully saturated rings. The monoisotopic (exact) mass is 618 g/mol. The Morgan fingerprint density at radius 1 is 0.974 bits per heavy atom. The number of hydrogen-bond acceptors (Lipinski definition) is 3. The summed E-state index contributed by atoms with van der Waals surface area (Å²) in [5, 5.41) is 3.83. The quantitative estimate of drug-likeness (QED) is 0.216. The second-order valence-electron chi connectivity index (χ2n) is 9.28. The summed E-state index contributed by atoms with van der Waals surface area (Å²) < 4.78 is 6.94. The molecule has 0 aliphatic heterocycles. The van der Waals surface area contributed by atoms with E-state index in [1.165, 1.54) is 0 Å². The van der Waals surface area contributed by atoms with Crippen LogP contribution in [0.15, 0.2) is 65.1 Å². The number of amides is 2. The fourth-order valence-corrected chi connectivity index (χ4v) is 4.66. The molecule has 1 atom stereocenters. The summed E-state index contributed by atoms with van der Waals surface area (Å²) in [7, 11) is 0. The molecule has 0 saturated heterocycles. The van der Waals surface area contributed by atoms with Gasteiger partial charge in [0.2, 0.25) is 5.91 Å². The number of nitrogens with one attached hydrogen (secondary N) is 1. The van der Waals surface area contributed by atoms with Crippen LogP contribution in [0.4, 0.5) is 0 Å². The third kappa shape index (κ3) is 8.48. The largest absolute Gasteiger partial charge is 0.484 e. The molecule has 38 heavy (non-hydrogen) atoms. The summed E-state index contributed by atoms with van der Waals surface area (Å²) in [5.41, 5.74) is 3.74. The van der Waals surface area contributed by atoms with Gasteiger partial charge in [0.05, 0.1) is 10.0 Å². The molecule has 0 saturated carbocycles. The van der Waals surface area contributed by atoms with E-state index in [9.17, 15) is 9.59 Å². The zero-order chi connectivity index (χ0) is 27.7. The lowest BCUT2D eigenvalue weighted by molar-refractivity contribution is -0.142. The van der Waals surface area contributed by atoms with Crippen molar-refractivity contribution in [1.82, 2.24) is 10.2 Å². The lowest BCUT2D eigenvalue weighted by atomic mass is 10.0. The highest BCUT2D eigenvalue weighted by atomic mass is 79.9. The Hall–Kier alpha value is -2.54. The van der Waals surface area contributed by atoms with E-state index in [0.29, 0.717) is 28.8 Å². The van der Waals surface area contributed by atoms with Gasteiger partial charge in [-0.1, -0.05) is 88.9 Å². The van der Waals surface area contributed by atoms with Crippen LogP contribution in [0, 0.1) is 13.8 Å². The van der Waals surface area contributed by atoms with Crippen molar-refractivity contribution >= 4 is 50.9 Å². The maximum absolute atomic E-state index is 13.7. The molecule has 0 radical (unpaired) electrons. The first kappa shape index (κ1) is 30.0. The summed E-state index contributed by atoms with van der Waals surface area (Å²) in [5.74, 6) is 0.0879. The molecule has 0 spiro atoms. The summed E-state index contributed by atoms with van der Waals surface area (Å²) in [6.07, 6.45) is 2.17. The van der Waals surface area contributed by atoms with Gasteiger partial charge in [0.1, 0.15) is 11.8 Å². The van der Waals surface area contributed by atoms with Gasteiger partial charge in [-0.15, -0.1) is 0 Å². The van der Waals surface area contributed by atoms with Crippen LogP contribution < -0.4 is 10.1 Å². The number of carbonyl (C=O) groups excluding carboxylic acids is 2. The van der Waals surface area contributed by atoms with E-state index in [2.05, 4.69) is 28.2 Å². The first-order chi connectivity index (χ1) is 18.2. The van der Waals surface area contributed by atoms with Crippen molar-refractivity contribution in [3.8, 4) is 5.75 Å². The topological polar surface area (TPSA) is 58.6 Å². The maximum Gasteiger partial charge on any atom is 0.261 e. The molecule has 0 bridgehead atoms. The van der Waals surface area contributed by atoms with Crippen LogP contribution in [0.5, 0.6) is 5.75 Å². The predicted octanol–water partition coefficient (Wildman–Crippen LogP) is 7.31. The molecule has 1 N–H and O–H groups in total. The number of hydrogen-bond donors (Lipinski definition) is 1. The number of nitrogens with zero attached hydrogens (tertiary/aromatic N) is 1. The average Bonchev–Trinajstić information content (AvgIpc) is 2.90. The maximum atomic E-state index is 13.7. The third-order valence-electron chi connectivity index (χ3n) is 6.21. The zero-order valence-corrected chi connectivity index (χ0v) is 25.0. The molecule has 5 nitrogen and oxygen atoms in total. The minimum absolute atomic E-state index is 0.177. The van der Waals surface area contributed by atoms with Gasteiger partial charge in [-0.2, -0.15) is 0 Å². The lowest BCUT2D eigenvalue weighted by Crippen LogP contribution is -2.51. The summed E-state index contributed by atoms with van der Waals surface area (Å²) in [6, 6.07) is 17.9. The first-order valence-corrected chi connectivity index (χ1v) is 14.2. The Morgan fingerprint density at radius 2 is 1.66 bits per heavy atom. The summed E-state index contributed by atoms with van der Waals surface area (Å²) in [4.78, 5) is 28.8. The van der Waals surface area contributed by atoms with Crippen molar-refractivity contribution in [1.29, 1.82) is 0 Å². The second kappa shape index (κ2) is 14.6. The summed E-state index contributed by atoms with van der Waals surface area (Å²) >= 11 is 16.0. The van der Waals surface area contributed by atoms with Crippen LogP contribution in [-0.4, -0.2) is 35.9 Å². The normalized spacial score (nSPS) is 11.6. The molecule has 3 aromatic carbocycles. The number of benzene rings is 3. The smallest absolute Gasteiger partial charge is 0.261 e. The van der Waals surface area contributed by atoms with Crippen molar-refractivity contribution in [3.05, 3.63) is 97.4 Å². The van der Waals surface area contributed by atoms with Crippen molar-refractivity contribution < 1.29 is 14.3 Å². The standard InChI is InChI=1S/C30H33BrCl2N2O3/c1-4-5-13-34-30(37)27(17-22-9-7-6-8-10-22)35(18-23-11-12-25(32)26(33)16-23)28(36)19-38-24-14-20(2)29(31)21(3)15-24/h6-12,14-16,27H,4-5,13,17-19H2,1-3H3,(H,34,37). The highest BCUT2D eigenvalue weighted by Crippen LogP contribution is 2.27.